The standard InChI is InChI=1S/C33H33FN2O5.Na/c1-21(2)36-28(18-17-26(37)19-27(38)20-29(39)40)30(23-13-15-24(34)16-14-23)31(22-9-5-3-6-10-22)32(36)33(41)35-25-11-7-4-8-12-25;/h3-18,21,26-27,37-38H,19-20H2,1-2H3,(H,35,41)(H,39,40);/q;+1/p-1/t26-,27-;/m1./s1. The number of benzene rings is 3. The van der Waals surface area contributed by atoms with E-state index in [1.807, 2.05) is 66.9 Å². The van der Waals surface area contributed by atoms with Gasteiger partial charge in [0.15, 0.2) is 0 Å². The quantitative estimate of drug-likeness (QED) is 0.236. The van der Waals surface area contributed by atoms with Crippen molar-refractivity contribution < 1.29 is 58.9 Å². The molecule has 4 rings (SSSR count). The van der Waals surface area contributed by atoms with Crippen molar-refractivity contribution in [2.45, 2.75) is 44.9 Å². The van der Waals surface area contributed by atoms with Crippen LogP contribution in [0.15, 0.2) is 91.0 Å². The summed E-state index contributed by atoms with van der Waals surface area (Å²) in [6.45, 7) is 3.86. The number of nitrogens with zero attached hydrogens (tertiary/aromatic N) is 1. The van der Waals surface area contributed by atoms with Gasteiger partial charge in [0.05, 0.1) is 12.2 Å². The van der Waals surface area contributed by atoms with Gasteiger partial charge in [-0.3, -0.25) is 4.79 Å². The molecule has 42 heavy (non-hydrogen) atoms. The van der Waals surface area contributed by atoms with Crippen LogP contribution in [-0.4, -0.2) is 38.9 Å². The molecule has 0 saturated carbocycles. The molecule has 9 heteroatoms. The van der Waals surface area contributed by atoms with Gasteiger partial charge in [-0.05, 0) is 55.3 Å². The number of carbonyl (C=O) groups is 2. The summed E-state index contributed by atoms with van der Waals surface area (Å²) in [6, 6.07) is 24.2. The Balaban J connectivity index is 0.00000484. The number of halogens is 1. The van der Waals surface area contributed by atoms with Crippen LogP contribution in [0, 0.1) is 5.82 Å². The van der Waals surface area contributed by atoms with Gasteiger partial charge in [0, 0.05) is 47.4 Å². The molecule has 0 fully saturated rings. The molecule has 2 atom stereocenters. The molecule has 212 valence electrons. The van der Waals surface area contributed by atoms with Gasteiger partial charge in [-0.2, -0.15) is 0 Å². The fourth-order valence-corrected chi connectivity index (χ4v) is 4.87. The van der Waals surface area contributed by atoms with Crippen LogP contribution in [0.4, 0.5) is 10.1 Å². The first-order chi connectivity index (χ1) is 19.7. The third kappa shape index (κ3) is 8.06. The van der Waals surface area contributed by atoms with E-state index in [9.17, 15) is 29.3 Å². The van der Waals surface area contributed by atoms with Crippen molar-refractivity contribution in [3.63, 3.8) is 0 Å². The van der Waals surface area contributed by atoms with E-state index in [1.165, 1.54) is 18.2 Å². The number of hydrogen-bond acceptors (Lipinski definition) is 5. The second-order valence-electron chi connectivity index (χ2n) is 10.0. The van der Waals surface area contributed by atoms with Crippen LogP contribution in [0.1, 0.15) is 48.9 Å². The molecule has 1 heterocycles. The van der Waals surface area contributed by atoms with Crippen LogP contribution in [0.2, 0.25) is 0 Å². The average Bonchev–Trinajstić information content (AvgIpc) is 3.28. The average molecular weight is 579 g/mol. The van der Waals surface area contributed by atoms with Gasteiger partial charge in [-0.15, -0.1) is 0 Å². The van der Waals surface area contributed by atoms with Gasteiger partial charge < -0.3 is 30.0 Å². The van der Waals surface area contributed by atoms with Crippen LogP contribution >= 0.6 is 0 Å². The number of rotatable bonds is 11. The zero-order chi connectivity index (χ0) is 29.5. The zero-order valence-corrected chi connectivity index (χ0v) is 25.8. The van der Waals surface area contributed by atoms with Gasteiger partial charge in [-0.25, -0.2) is 4.39 Å². The summed E-state index contributed by atoms with van der Waals surface area (Å²) in [7, 11) is 0. The Morgan fingerprint density at radius 3 is 2.05 bits per heavy atom. The smallest absolute Gasteiger partial charge is 0.550 e. The molecule has 3 N–H and O–H groups in total. The van der Waals surface area contributed by atoms with Crippen LogP contribution < -0.4 is 40.0 Å². The molecule has 0 spiro atoms. The van der Waals surface area contributed by atoms with E-state index < -0.39 is 30.4 Å². The molecule has 7 nitrogen and oxygen atoms in total. The summed E-state index contributed by atoms with van der Waals surface area (Å²) < 4.78 is 15.9. The number of carboxylic acid groups (broad SMARTS) is 1. The molecule has 0 radical (unpaired) electrons. The largest absolute Gasteiger partial charge is 1.00 e. The van der Waals surface area contributed by atoms with Crippen LogP contribution in [0.25, 0.3) is 28.3 Å². The van der Waals surface area contributed by atoms with Gasteiger partial charge in [0.1, 0.15) is 11.5 Å². The fourth-order valence-electron chi connectivity index (χ4n) is 4.87. The SMILES string of the molecule is CC(C)n1c(C=C[C@@H](O)C[C@@H](O)CC(=O)[O-])c(-c2ccc(F)cc2)c(-c2ccccc2)c1C(=O)Nc1ccccc1.[Na+]. The van der Waals surface area contributed by atoms with Gasteiger partial charge in [-0.1, -0.05) is 66.7 Å². The molecular weight excluding hydrogens is 546 g/mol. The molecule has 0 saturated heterocycles. The third-order valence-corrected chi connectivity index (χ3v) is 6.59. The molecule has 0 aliphatic heterocycles. The molecule has 0 bridgehead atoms. The van der Waals surface area contributed by atoms with Crippen molar-refractivity contribution in [2.75, 3.05) is 5.32 Å². The van der Waals surface area contributed by atoms with Crippen molar-refractivity contribution in [3.8, 4) is 22.3 Å². The van der Waals surface area contributed by atoms with E-state index in [4.69, 9.17) is 0 Å². The number of nitrogens with one attached hydrogen (secondary N) is 1. The fraction of sp³-hybridized carbons (Fsp3) is 0.212. The number of aliphatic carboxylic acids is 1. The Labute approximate surface area is 266 Å². The maximum absolute atomic E-state index is 14.0. The maximum atomic E-state index is 14.0. The summed E-state index contributed by atoms with van der Waals surface area (Å²) in [6.07, 6.45) is -0.182. The van der Waals surface area contributed by atoms with Gasteiger partial charge in [0.25, 0.3) is 5.91 Å². The molecule has 3 aromatic carbocycles. The first-order valence-corrected chi connectivity index (χ1v) is 13.4. The number of carboxylic acids is 1. The molecule has 0 aliphatic rings. The van der Waals surface area contributed by atoms with E-state index in [0.717, 1.165) is 5.56 Å². The minimum Gasteiger partial charge on any atom is -0.550 e. The second-order valence-corrected chi connectivity index (χ2v) is 10.0. The minimum absolute atomic E-state index is 0. The predicted octanol–water partition coefficient (Wildman–Crippen LogP) is 2.06. The number of aliphatic hydroxyl groups excluding tert-OH is 2. The van der Waals surface area contributed by atoms with Crippen molar-refractivity contribution in [1.29, 1.82) is 0 Å². The molecule has 0 aliphatic carbocycles. The number of amides is 1. The monoisotopic (exact) mass is 578 g/mol. The Bertz CT molecular complexity index is 1520. The van der Waals surface area contributed by atoms with Crippen molar-refractivity contribution >= 4 is 23.6 Å². The van der Waals surface area contributed by atoms with E-state index in [-0.39, 0.29) is 47.9 Å². The second kappa shape index (κ2) is 15.1. The van der Waals surface area contributed by atoms with E-state index in [2.05, 4.69) is 5.32 Å². The predicted molar refractivity (Wildman–Crippen MR) is 155 cm³/mol. The minimum atomic E-state index is -1.41. The van der Waals surface area contributed by atoms with E-state index in [1.54, 1.807) is 30.3 Å². The summed E-state index contributed by atoms with van der Waals surface area (Å²) in [5.41, 5.74) is 4.28. The Hall–Kier alpha value is -3.53. The number of aromatic nitrogens is 1. The molecule has 4 aromatic rings. The van der Waals surface area contributed by atoms with Crippen molar-refractivity contribution in [2.24, 2.45) is 0 Å². The first kappa shape index (κ1) is 33.0. The molecule has 1 aromatic heterocycles. The van der Waals surface area contributed by atoms with Crippen molar-refractivity contribution in [3.05, 3.63) is 108 Å². The Morgan fingerprint density at radius 2 is 1.48 bits per heavy atom. The maximum Gasteiger partial charge on any atom is 1.00 e. The van der Waals surface area contributed by atoms with Crippen LogP contribution in [-0.2, 0) is 4.79 Å². The molecular formula is C33H32FN2NaO5. The number of carbonyl (C=O) groups excluding carboxylic acids is 2. The Morgan fingerprint density at radius 1 is 0.905 bits per heavy atom. The van der Waals surface area contributed by atoms with Crippen LogP contribution in [0.3, 0.4) is 0 Å². The summed E-state index contributed by atoms with van der Waals surface area (Å²) in [5, 5.41) is 34.4. The molecule has 1 amide bonds. The Kier molecular flexibility index (Phi) is 11.8. The topological polar surface area (TPSA) is 115 Å². The molecule has 0 unspecified atom stereocenters. The number of anilines is 1. The zero-order valence-electron chi connectivity index (χ0n) is 23.8. The number of aliphatic hydroxyl groups is 2. The van der Waals surface area contributed by atoms with Crippen molar-refractivity contribution in [1.82, 2.24) is 4.57 Å². The van der Waals surface area contributed by atoms with Crippen LogP contribution in [0.5, 0.6) is 0 Å². The van der Waals surface area contributed by atoms with Gasteiger partial charge in [0.2, 0.25) is 0 Å². The summed E-state index contributed by atoms with van der Waals surface area (Å²) in [4.78, 5) is 24.9. The normalized spacial score (nSPS) is 12.6. The number of hydrogen-bond donors (Lipinski definition) is 3. The van der Waals surface area contributed by atoms with E-state index in [0.29, 0.717) is 33.8 Å². The summed E-state index contributed by atoms with van der Waals surface area (Å²) in [5.74, 6) is -2.17. The first-order valence-electron chi connectivity index (χ1n) is 13.4. The van der Waals surface area contributed by atoms with Gasteiger partial charge >= 0.3 is 29.6 Å². The van der Waals surface area contributed by atoms with E-state index >= 15 is 0 Å². The summed E-state index contributed by atoms with van der Waals surface area (Å²) >= 11 is 0. The number of para-hydroxylation sites is 1. The third-order valence-electron chi connectivity index (χ3n) is 6.59.